The number of carbonyl (C=O) groups is 2. The third-order valence-corrected chi connectivity index (χ3v) is 4.79. The number of nitrogens with two attached hydrogens (primary N) is 1. The molecule has 1 unspecified atom stereocenters. The average Bonchev–Trinajstić information content (AvgIpc) is 2.70. The van der Waals surface area contributed by atoms with Crippen molar-refractivity contribution in [3.8, 4) is 0 Å². The van der Waals surface area contributed by atoms with Crippen molar-refractivity contribution in [3.63, 3.8) is 0 Å². The normalized spacial score (nSPS) is 11.6. The molecule has 0 saturated heterocycles. The topological polar surface area (TPSA) is 116 Å². The van der Waals surface area contributed by atoms with Crippen LogP contribution in [0, 0.1) is 5.41 Å². The van der Waals surface area contributed by atoms with Crippen LogP contribution in [0.25, 0.3) is 0 Å². The van der Waals surface area contributed by atoms with Crippen molar-refractivity contribution in [2.45, 2.75) is 51.0 Å². The summed E-state index contributed by atoms with van der Waals surface area (Å²) < 4.78 is 0. The van der Waals surface area contributed by atoms with Crippen LogP contribution in [0.2, 0.25) is 0 Å². The molecule has 1 atom stereocenters. The van der Waals surface area contributed by atoms with E-state index in [1.807, 2.05) is 54.6 Å². The predicted molar refractivity (Wildman–Crippen MR) is 114 cm³/mol. The number of hydrogen-bond acceptors (Lipinski definition) is 3. The summed E-state index contributed by atoms with van der Waals surface area (Å²) in [5.41, 5.74) is 8.42. The maximum Gasteiger partial charge on any atom is 0.305 e. The molecule has 0 aliphatic carbocycles. The number of unbranched alkanes of at least 4 members (excludes halogenated alkanes) is 1. The molecule has 154 valence electrons. The van der Waals surface area contributed by atoms with Crippen LogP contribution in [0.4, 0.5) is 0 Å². The number of nitrogen functional groups attached to an aromatic ring is 1. The van der Waals surface area contributed by atoms with E-state index in [-0.39, 0.29) is 24.2 Å². The first-order valence-corrected chi connectivity index (χ1v) is 9.92. The Hall–Kier alpha value is -3.15. The van der Waals surface area contributed by atoms with Gasteiger partial charge in [-0.05, 0) is 43.2 Å². The Morgan fingerprint density at radius 3 is 2.24 bits per heavy atom. The molecule has 0 radical (unpaired) electrons. The zero-order valence-electron chi connectivity index (χ0n) is 16.6. The molecule has 2 aromatic rings. The summed E-state index contributed by atoms with van der Waals surface area (Å²) in [6.07, 6.45) is 4.09. The summed E-state index contributed by atoms with van der Waals surface area (Å²) in [6.45, 7) is 0. The van der Waals surface area contributed by atoms with E-state index in [0.29, 0.717) is 18.4 Å². The number of carboxylic acid groups (broad SMARTS) is 1. The van der Waals surface area contributed by atoms with Crippen LogP contribution in [0.15, 0.2) is 54.6 Å². The van der Waals surface area contributed by atoms with Gasteiger partial charge in [0.2, 0.25) is 5.91 Å². The molecular formula is C23H29N3O3. The minimum Gasteiger partial charge on any atom is -0.481 e. The number of rotatable bonds is 12. The molecule has 2 rings (SSSR count). The van der Waals surface area contributed by atoms with E-state index >= 15 is 0 Å². The molecule has 0 spiro atoms. The highest BCUT2D eigenvalue weighted by atomic mass is 16.4. The molecule has 6 nitrogen and oxygen atoms in total. The number of amides is 1. The summed E-state index contributed by atoms with van der Waals surface area (Å²) in [7, 11) is 0. The van der Waals surface area contributed by atoms with Crippen LogP contribution in [0.1, 0.15) is 48.8 Å². The lowest BCUT2D eigenvalue weighted by Crippen LogP contribution is -2.36. The van der Waals surface area contributed by atoms with Gasteiger partial charge in [0, 0.05) is 18.0 Å². The fraction of sp³-hybridized carbons (Fsp3) is 0.348. The second kappa shape index (κ2) is 11.6. The fourth-order valence-electron chi connectivity index (χ4n) is 3.19. The SMILES string of the molecule is N=C(N)c1ccc(CCCCC(=O)NC(CCc2ccccc2)CC(=O)O)cc1. The molecule has 0 aliphatic heterocycles. The van der Waals surface area contributed by atoms with Crippen molar-refractivity contribution in [2.24, 2.45) is 5.73 Å². The van der Waals surface area contributed by atoms with Crippen molar-refractivity contribution in [2.75, 3.05) is 0 Å². The molecule has 0 aliphatic rings. The Kier molecular flexibility index (Phi) is 8.89. The Bertz CT molecular complexity index is 804. The van der Waals surface area contributed by atoms with Crippen LogP contribution in [0.3, 0.4) is 0 Å². The van der Waals surface area contributed by atoms with E-state index in [0.717, 1.165) is 36.8 Å². The largest absolute Gasteiger partial charge is 0.481 e. The first kappa shape index (κ1) is 22.1. The summed E-state index contributed by atoms with van der Waals surface area (Å²) in [6, 6.07) is 17.0. The van der Waals surface area contributed by atoms with E-state index in [1.54, 1.807) is 0 Å². The highest BCUT2D eigenvalue weighted by molar-refractivity contribution is 5.94. The lowest BCUT2D eigenvalue weighted by atomic mass is 10.0. The van der Waals surface area contributed by atoms with Crippen LogP contribution in [0.5, 0.6) is 0 Å². The van der Waals surface area contributed by atoms with Crippen LogP contribution in [-0.4, -0.2) is 28.9 Å². The van der Waals surface area contributed by atoms with Gasteiger partial charge in [-0.25, -0.2) is 0 Å². The first-order chi connectivity index (χ1) is 13.9. The van der Waals surface area contributed by atoms with Gasteiger partial charge in [0.1, 0.15) is 5.84 Å². The first-order valence-electron chi connectivity index (χ1n) is 9.92. The van der Waals surface area contributed by atoms with Gasteiger partial charge >= 0.3 is 5.97 Å². The van der Waals surface area contributed by atoms with E-state index in [9.17, 15) is 9.59 Å². The lowest BCUT2D eigenvalue weighted by Gasteiger charge is -2.17. The van der Waals surface area contributed by atoms with Crippen LogP contribution in [-0.2, 0) is 22.4 Å². The Labute approximate surface area is 171 Å². The zero-order chi connectivity index (χ0) is 21.1. The summed E-state index contributed by atoms with van der Waals surface area (Å²) in [5, 5.41) is 19.4. The Morgan fingerprint density at radius 1 is 0.966 bits per heavy atom. The van der Waals surface area contributed by atoms with E-state index in [4.69, 9.17) is 16.2 Å². The van der Waals surface area contributed by atoms with Gasteiger partial charge in [-0.1, -0.05) is 54.6 Å². The predicted octanol–water partition coefficient (Wildman–Crippen LogP) is 3.28. The van der Waals surface area contributed by atoms with Crippen molar-refractivity contribution in [1.29, 1.82) is 5.41 Å². The van der Waals surface area contributed by atoms with Gasteiger partial charge < -0.3 is 16.2 Å². The molecule has 2 aromatic carbocycles. The summed E-state index contributed by atoms with van der Waals surface area (Å²) in [5.74, 6) is -0.954. The quantitative estimate of drug-likeness (QED) is 0.251. The number of aliphatic carboxylic acids is 1. The van der Waals surface area contributed by atoms with Gasteiger partial charge in [0.25, 0.3) is 0 Å². The molecular weight excluding hydrogens is 366 g/mol. The van der Waals surface area contributed by atoms with E-state index < -0.39 is 5.97 Å². The van der Waals surface area contributed by atoms with Gasteiger partial charge in [0.15, 0.2) is 0 Å². The smallest absolute Gasteiger partial charge is 0.305 e. The van der Waals surface area contributed by atoms with Gasteiger partial charge in [-0.15, -0.1) is 0 Å². The molecule has 1 amide bonds. The number of nitrogens with one attached hydrogen (secondary N) is 2. The molecule has 5 N–H and O–H groups in total. The highest BCUT2D eigenvalue weighted by Crippen LogP contribution is 2.11. The molecule has 0 saturated carbocycles. The van der Waals surface area contributed by atoms with Gasteiger partial charge in [-0.2, -0.15) is 0 Å². The molecule has 0 heterocycles. The third kappa shape index (κ3) is 8.60. The second-order valence-electron chi connectivity index (χ2n) is 7.20. The Balaban J connectivity index is 1.72. The number of aryl methyl sites for hydroxylation is 2. The molecule has 0 fully saturated rings. The van der Waals surface area contributed by atoms with Crippen molar-refractivity contribution in [1.82, 2.24) is 5.32 Å². The average molecular weight is 396 g/mol. The van der Waals surface area contributed by atoms with Crippen LogP contribution < -0.4 is 11.1 Å². The highest BCUT2D eigenvalue weighted by Gasteiger charge is 2.16. The minimum atomic E-state index is -0.905. The minimum absolute atomic E-state index is 0.0522. The fourth-order valence-corrected chi connectivity index (χ4v) is 3.19. The summed E-state index contributed by atoms with van der Waals surface area (Å²) >= 11 is 0. The number of benzene rings is 2. The van der Waals surface area contributed by atoms with Crippen molar-refractivity contribution < 1.29 is 14.7 Å². The summed E-state index contributed by atoms with van der Waals surface area (Å²) in [4.78, 5) is 23.3. The number of amidine groups is 1. The number of hydrogen-bond donors (Lipinski definition) is 4. The van der Waals surface area contributed by atoms with Gasteiger partial charge in [0.05, 0.1) is 6.42 Å². The standard InChI is InChI=1S/C23H29N3O3/c24-23(25)19-13-10-18(11-14-19)8-4-5-9-21(27)26-20(16-22(28)29)15-12-17-6-2-1-3-7-17/h1-3,6-7,10-11,13-14,20H,4-5,8-9,12,15-16H2,(H3,24,25)(H,26,27)(H,28,29). The van der Waals surface area contributed by atoms with E-state index in [1.165, 1.54) is 0 Å². The van der Waals surface area contributed by atoms with E-state index in [2.05, 4.69) is 5.32 Å². The molecule has 29 heavy (non-hydrogen) atoms. The monoisotopic (exact) mass is 395 g/mol. The molecule has 0 aromatic heterocycles. The number of carbonyl (C=O) groups excluding carboxylic acids is 1. The zero-order valence-corrected chi connectivity index (χ0v) is 16.6. The van der Waals surface area contributed by atoms with Gasteiger partial charge in [-0.3, -0.25) is 15.0 Å². The number of carboxylic acids is 1. The van der Waals surface area contributed by atoms with Crippen LogP contribution >= 0.6 is 0 Å². The third-order valence-electron chi connectivity index (χ3n) is 4.79. The Morgan fingerprint density at radius 2 is 1.62 bits per heavy atom. The van der Waals surface area contributed by atoms with Crippen molar-refractivity contribution >= 4 is 17.7 Å². The maximum absolute atomic E-state index is 12.2. The second-order valence-corrected chi connectivity index (χ2v) is 7.20. The maximum atomic E-state index is 12.2. The van der Waals surface area contributed by atoms with Crippen molar-refractivity contribution in [3.05, 3.63) is 71.3 Å². The lowest BCUT2D eigenvalue weighted by molar-refractivity contribution is -0.137. The molecule has 0 bridgehead atoms. The molecule has 6 heteroatoms.